The first-order valence-corrected chi connectivity index (χ1v) is 8.23. The van der Waals surface area contributed by atoms with E-state index in [0.717, 1.165) is 37.6 Å². The molecule has 0 fully saturated rings. The van der Waals surface area contributed by atoms with E-state index < -0.39 is 0 Å². The Labute approximate surface area is 132 Å². The number of thiocarbonyl (C=S) groups is 1. The lowest BCUT2D eigenvalue weighted by molar-refractivity contribution is 0.302. The Morgan fingerprint density at radius 1 is 1.05 bits per heavy atom. The molecule has 2 nitrogen and oxygen atoms in total. The van der Waals surface area contributed by atoms with E-state index in [9.17, 15) is 0 Å². The molecular formula is C18H22N2S. The molecule has 110 valence electrons. The largest absolute Gasteiger partial charge is 0.332 e. The summed E-state index contributed by atoms with van der Waals surface area (Å²) in [6.07, 6.45) is 1.15. The maximum Gasteiger partial charge on any atom is 0.114 e. The summed E-state index contributed by atoms with van der Waals surface area (Å²) in [5.41, 5.74) is 2.51. The minimum atomic E-state index is 0.987. The van der Waals surface area contributed by atoms with Crippen LogP contribution in [0.4, 0.5) is 5.69 Å². The number of nitrogens with zero attached hydrogens (tertiary/aromatic N) is 2. The van der Waals surface area contributed by atoms with Crippen molar-refractivity contribution in [3.05, 3.63) is 42.0 Å². The Hall–Kier alpha value is -1.45. The topological polar surface area (TPSA) is 6.48 Å². The second kappa shape index (κ2) is 6.12. The van der Waals surface area contributed by atoms with Crippen LogP contribution in [-0.2, 0) is 0 Å². The van der Waals surface area contributed by atoms with Crippen LogP contribution < -0.4 is 4.90 Å². The molecule has 21 heavy (non-hydrogen) atoms. The van der Waals surface area contributed by atoms with Crippen molar-refractivity contribution in [2.24, 2.45) is 0 Å². The van der Waals surface area contributed by atoms with Crippen molar-refractivity contribution in [2.75, 3.05) is 31.1 Å². The third kappa shape index (κ3) is 2.56. The zero-order valence-corrected chi connectivity index (χ0v) is 13.6. The summed E-state index contributed by atoms with van der Waals surface area (Å²) in [4.78, 5) is 5.77. The maximum atomic E-state index is 5.71. The van der Waals surface area contributed by atoms with Crippen LogP contribution in [0.2, 0.25) is 0 Å². The molecule has 3 heteroatoms. The van der Waals surface area contributed by atoms with Gasteiger partial charge in [0.25, 0.3) is 0 Å². The molecule has 0 N–H and O–H groups in total. The lowest BCUT2D eigenvalue weighted by atomic mass is 10.1. The zero-order chi connectivity index (χ0) is 14.8. The fraction of sp³-hybridized carbons (Fsp3) is 0.389. The van der Waals surface area contributed by atoms with Gasteiger partial charge in [-0.3, -0.25) is 0 Å². The molecule has 3 rings (SSSR count). The lowest BCUT2D eigenvalue weighted by Gasteiger charge is -2.23. The van der Waals surface area contributed by atoms with Crippen molar-refractivity contribution >= 4 is 33.7 Å². The van der Waals surface area contributed by atoms with E-state index in [2.05, 4.69) is 60.0 Å². The molecule has 0 saturated carbocycles. The number of hydrogen-bond acceptors (Lipinski definition) is 2. The van der Waals surface area contributed by atoms with Gasteiger partial charge in [0.2, 0.25) is 0 Å². The highest BCUT2D eigenvalue weighted by Crippen LogP contribution is 2.37. The van der Waals surface area contributed by atoms with Crippen LogP contribution in [0.25, 0.3) is 10.8 Å². The average molecular weight is 298 g/mol. The Balaban J connectivity index is 1.80. The van der Waals surface area contributed by atoms with E-state index in [4.69, 9.17) is 12.2 Å². The molecule has 2 aromatic carbocycles. The molecular weight excluding hydrogens is 276 g/mol. The summed E-state index contributed by atoms with van der Waals surface area (Å²) in [6, 6.07) is 12.9. The molecule has 0 saturated heterocycles. The molecule has 0 spiro atoms. The predicted molar refractivity (Wildman–Crippen MR) is 95.4 cm³/mol. The minimum Gasteiger partial charge on any atom is -0.332 e. The molecule has 0 unspecified atom stereocenters. The Kier molecular flexibility index (Phi) is 4.22. The van der Waals surface area contributed by atoms with Crippen molar-refractivity contribution < 1.29 is 0 Å². The van der Waals surface area contributed by atoms with Crippen LogP contribution in [0, 0.1) is 0 Å². The summed E-state index contributed by atoms with van der Waals surface area (Å²) in [7, 11) is 0. The van der Waals surface area contributed by atoms with Gasteiger partial charge in [0, 0.05) is 17.5 Å². The minimum absolute atomic E-state index is 0.987. The molecule has 0 bridgehead atoms. The average Bonchev–Trinajstić information content (AvgIpc) is 2.79. The molecule has 1 aliphatic heterocycles. The normalized spacial score (nSPS) is 13.7. The molecule has 0 aromatic heterocycles. The van der Waals surface area contributed by atoms with E-state index in [-0.39, 0.29) is 0 Å². The third-order valence-electron chi connectivity index (χ3n) is 4.40. The molecule has 1 heterocycles. The van der Waals surface area contributed by atoms with Gasteiger partial charge in [-0.25, -0.2) is 0 Å². The van der Waals surface area contributed by atoms with E-state index in [0.29, 0.717) is 0 Å². The monoisotopic (exact) mass is 298 g/mol. The summed E-state index contributed by atoms with van der Waals surface area (Å²) in [5.74, 6) is 0. The predicted octanol–water partition coefficient (Wildman–Crippen LogP) is 4.07. The second-order valence-corrected chi connectivity index (χ2v) is 5.90. The van der Waals surface area contributed by atoms with E-state index in [1.54, 1.807) is 0 Å². The summed E-state index contributed by atoms with van der Waals surface area (Å²) >= 11 is 5.71. The standard InChI is InChI=1S/C18H22N2S/c1-3-19(4-2)12-7-13-20-16-11-6-9-14-8-5-10-15(17(14)16)18(20)21/h5-6,8-11H,3-4,7,12-13H2,1-2H3. The molecule has 0 amide bonds. The highest BCUT2D eigenvalue weighted by Gasteiger charge is 2.25. The van der Waals surface area contributed by atoms with Crippen molar-refractivity contribution in [1.82, 2.24) is 4.90 Å². The molecule has 0 aliphatic carbocycles. The first-order valence-electron chi connectivity index (χ1n) is 7.82. The van der Waals surface area contributed by atoms with Gasteiger partial charge in [-0.15, -0.1) is 0 Å². The van der Waals surface area contributed by atoms with Gasteiger partial charge in [-0.1, -0.05) is 56.4 Å². The summed E-state index contributed by atoms with van der Waals surface area (Å²) in [5, 5.41) is 2.62. The van der Waals surface area contributed by atoms with Gasteiger partial charge in [-0.05, 0) is 37.5 Å². The van der Waals surface area contributed by atoms with Crippen molar-refractivity contribution in [3.8, 4) is 0 Å². The van der Waals surface area contributed by atoms with Gasteiger partial charge in [0.05, 0.1) is 5.69 Å². The lowest BCUT2D eigenvalue weighted by Crippen LogP contribution is -2.31. The number of hydrogen-bond donors (Lipinski definition) is 0. The number of anilines is 1. The van der Waals surface area contributed by atoms with Gasteiger partial charge < -0.3 is 9.80 Å². The van der Waals surface area contributed by atoms with Crippen LogP contribution in [0.1, 0.15) is 25.8 Å². The second-order valence-electron chi connectivity index (χ2n) is 5.52. The highest BCUT2D eigenvalue weighted by atomic mass is 32.1. The molecule has 2 aromatic rings. The van der Waals surface area contributed by atoms with Gasteiger partial charge in [0.1, 0.15) is 4.99 Å². The first-order chi connectivity index (χ1) is 10.3. The van der Waals surface area contributed by atoms with Crippen LogP contribution in [0.5, 0.6) is 0 Å². The van der Waals surface area contributed by atoms with Crippen LogP contribution in [0.15, 0.2) is 36.4 Å². The zero-order valence-electron chi connectivity index (χ0n) is 12.8. The van der Waals surface area contributed by atoms with E-state index in [1.165, 1.54) is 22.0 Å². The van der Waals surface area contributed by atoms with Crippen molar-refractivity contribution in [2.45, 2.75) is 20.3 Å². The number of benzene rings is 2. The highest BCUT2D eigenvalue weighted by molar-refractivity contribution is 7.81. The van der Waals surface area contributed by atoms with Crippen molar-refractivity contribution in [3.63, 3.8) is 0 Å². The Bertz CT molecular complexity index is 656. The van der Waals surface area contributed by atoms with Crippen molar-refractivity contribution in [1.29, 1.82) is 0 Å². The maximum absolute atomic E-state index is 5.71. The van der Waals surface area contributed by atoms with Gasteiger partial charge >= 0.3 is 0 Å². The van der Waals surface area contributed by atoms with E-state index >= 15 is 0 Å². The quantitative estimate of drug-likeness (QED) is 0.742. The number of rotatable bonds is 6. The molecule has 0 radical (unpaired) electrons. The Morgan fingerprint density at radius 2 is 1.76 bits per heavy atom. The fourth-order valence-corrected chi connectivity index (χ4v) is 3.55. The van der Waals surface area contributed by atoms with Gasteiger partial charge in [-0.2, -0.15) is 0 Å². The summed E-state index contributed by atoms with van der Waals surface area (Å²) < 4.78 is 0. The molecule has 0 atom stereocenters. The Morgan fingerprint density at radius 3 is 2.48 bits per heavy atom. The van der Waals surface area contributed by atoms with Crippen LogP contribution >= 0.6 is 12.2 Å². The SMILES string of the molecule is CCN(CC)CCCN1C(=S)c2cccc3cccc1c23. The van der Waals surface area contributed by atoms with Gasteiger partial charge in [0.15, 0.2) is 0 Å². The fourth-order valence-electron chi connectivity index (χ4n) is 3.19. The first kappa shape index (κ1) is 14.5. The molecule has 1 aliphatic rings. The third-order valence-corrected chi connectivity index (χ3v) is 4.84. The van der Waals surface area contributed by atoms with E-state index in [1.807, 2.05) is 0 Å². The van der Waals surface area contributed by atoms with Crippen LogP contribution in [0.3, 0.4) is 0 Å². The van der Waals surface area contributed by atoms with Crippen LogP contribution in [-0.4, -0.2) is 36.1 Å². The smallest absolute Gasteiger partial charge is 0.114 e. The summed E-state index contributed by atoms with van der Waals surface area (Å²) in [6.45, 7) is 8.83.